The van der Waals surface area contributed by atoms with Crippen molar-refractivity contribution in [2.45, 2.75) is 31.7 Å². The maximum Gasteiger partial charge on any atom is 0.254 e. The molecule has 1 N–H and O–H groups in total. The van der Waals surface area contributed by atoms with Crippen LogP contribution in [-0.4, -0.2) is 45.8 Å². The van der Waals surface area contributed by atoms with E-state index in [9.17, 15) is 9.59 Å². The number of fused-ring (bicyclic) bond motifs is 1. The molecule has 2 aromatic heterocycles. The highest BCUT2D eigenvalue weighted by molar-refractivity contribution is 6.07. The standard InChI is InChI=1S/C24H24N4O2/c29-23(17-5-6-17)26-18-9-13-28(14-10-18)24(30)20-15-22(16-7-11-25-12-8-16)27-21-4-2-1-3-19(20)21/h1-4,7-8,11-12,15,17-18H,5-6,9-10,13-14H2,(H,26,29). The van der Waals surface area contributed by atoms with Crippen LogP contribution in [-0.2, 0) is 4.79 Å². The first-order chi connectivity index (χ1) is 14.7. The number of likely N-dealkylation sites (tertiary alicyclic amines) is 1. The topological polar surface area (TPSA) is 75.2 Å². The third-order valence-corrected chi connectivity index (χ3v) is 6.00. The number of benzene rings is 1. The van der Waals surface area contributed by atoms with E-state index >= 15 is 0 Å². The fourth-order valence-corrected chi connectivity index (χ4v) is 4.08. The summed E-state index contributed by atoms with van der Waals surface area (Å²) in [4.78, 5) is 36.2. The summed E-state index contributed by atoms with van der Waals surface area (Å²) in [7, 11) is 0. The van der Waals surface area contributed by atoms with Crippen molar-refractivity contribution in [3.8, 4) is 11.3 Å². The van der Waals surface area contributed by atoms with Gasteiger partial charge in [0, 0.05) is 48.4 Å². The largest absolute Gasteiger partial charge is 0.353 e. The number of carbonyl (C=O) groups is 2. The van der Waals surface area contributed by atoms with Crippen LogP contribution in [0.5, 0.6) is 0 Å². The number of para-hydroxylation sites is 1. The second kappa shape index (κ2) is 7.86. The number of nitrogens with zero attached hydrogens (tertiary/aromatic N) is 3. The number of piperidine rings is 1. The van der Waals surface area contributed by atoms with Crippen LogP contribution < -0.4 is 5.32 Å². The summed E-state index contributed by atoms with van der Waals surface area (Å²) in [6.45, 7) is 1.30. The van der Waals surface area contributed by atoms with Gasteiger partial charge in [-0.1, -0.05) is 18.2 Å². The third-order valence-electron chi connectivity index (χ3n) is 6.00. The average Bonchev–Trinajstić information content (AvgIpc) is 3.65. The average molecular weight is 400 g/mol. The summed E-state index contributed by atoms with van der Waals surface area (Å²) in [5, 5.41) is 4.01. The third kappa shape index (κ3) is 3.77. The van der Waals surface area contributed by atoms with Gasteiger partial charge in [-0.25, -0.2) is 4.98 Å². The van der Waals surface area contributed by atoms with Gasteiger partial charge < -0.3 is 10.2 Å². The maximum absolute atomic E-state index is 13.4. The Morgan fingerprint density at radius 2 is 1.70 bits per heavy atom. The monoisotopic (exact) mass is 400 g/mol. The SMILES string of the molecule is O=C(NC1CCN(C(=O)c2cc(-c3ccncc3)nc3ccccc23)CC1)C1CC1. The molecule has 0 spiro atoms. The number of nitrogens with one attached hydrogen (secondary N) is 1. The van der Waals surface area contributed by atoms with Crippen LogP contribution in [0.15, 0.2) is 54.9 Å². The second-order valence-corrected chi connectivity index (χ2v) is 8.16. The minimum Gasteiger partial charge on any atom is -0.353 e. The van der Waals surface area contributed by atoms with Crippen LogP contribution in [0.1, 0.15) is 36.0 Å². The quantitative estimate of drug-likeness (QED) is 0.728. The van der Waals surface area contributed by atoms with Gasteiger partial charge >= 0.3 is 0 Å². The zero-order valence-corrected chi connectivity index (χ0v) is 16.8. The van der Waals surface area contributed by atoms with Crippen molar-refractivity contribution in [3.05, 3.63) is 60.4 Å². The number of rotatable bonds is 4. The molecule has 0 atom stereocenters. The van der Waals surface area contributed by atoms with Gasteiger partial charge in [0.05, 0.1) is 16.8 Å². The zero-order chi connectivity index (χ0) is 20.5. The van der Waals surface area contributed by atoms with Gasteiger partial charge in [-0.2, -0.15) is 0 Å². The van der Waals surface area contributed by atoms with Gasteiger partial charge in [0.25, 0.3) is 5.91 Å². The predicted octanol–water partition coefficient (Wildman–Crippen LogP) is 3.43. The summed E-state index contributed by atoms with van der Waals surface area (Å²) in [5.41, 5.74) is 3.19. The summed E-state index contributed by atoms with van der Waals surface area (Å²) in [5.74, 6) is 0.428. The second-order valence-electron chi connectivity index (χ2n) is 8.16. The highest BCUT2D eigenvalue weighted by atomic mass is 16.2. The lowest BCUT2D eigenvalue weighted by Gasteiger charge is -2.32. The first kappa shape index (κ1) is 18.7. The van der Waals surface area contributed by atoms with Gasteiger partial charge in [0.15, 0.2) is 0 Å². The van der Waals surface area contributed by atoms with Gasteiger partial charge in [-0.15, -0.1) is 0 Å². The minimum atomic E-state index is 0.0240. The molecule has 6 heteroatoms. The molecule has 5 rings (SSSR count). The molecule has 152 valence electrons. The summed E-state index contributed by atoms with van der Waals surface area (Å²) >= 11 is 0. The Kier molecular flexibility index (Phi) is 4.91. The molecule has 1 saturated heterocycles. The highest BCUT2D eigenvalue weighted by Crippen LogP contribution is 2.30. The Labute approximate surface area is 175 Å². The number of hydrogen-bond donors (Lipinski definition) is 1. The smallest absolute Gasteiger partial charge is 0.254 e. The lowest BCUT2D eigenvalue weighted by molar-refractivity contribution is -0.123. The summed E-state index contributed by atoms with van der Waals surface area (Å²) in [6.07, 6.45) is 7.08. The molecule has 3 heterocycles. The predicted molar refractivity (Wildman–Crippen MR) is 115 cm³/mol. The van der Waals surface area contributed by atoms with E-state index in [-0.39, 0.29) is 23.8 Å². The van der Waals surface area contributed by atoms with Gasteiger partial charge in [0.1, 0.15) is 0 Å². The normalized spacial score (nSPS) is 17.1. The number of amides is 2. The van der Waals surface area contributed by atoms with Crippen molar-refractivity contribution in [2.75, 3.05) is 13.1 Å². The Hall–Kier alpha value is -3.28. The Morgan fingerprint density at radius 3 is 2.43 bits per heavy atom. The van der Waals surface area contributed by atoms with E-state index in [2.05, 4.69) is 10.3 Å². The molecule has 2 aliphatic rings. The highest BCUT2D eigenvalue weighted by Gasteiger charge is 2.32. The number of hydrogen-bond acceptors (Lipinski definition) is 4. The molecule has 1 aliphatic carbocycles. The lowest BCUT2D eigenvalue weighted by Crippen LogP contribution is -2.47. The van der Waals surface area contributed by atoms with E-state index in [0.29, 0.717) is 18.7 Å². The van der Waals surface area contributed by atoms with Crippen molar-refractivity contribution < 1.29 is 9.59 Å². The lowest BCUT2D eigenvalue weighted by atomic mass is 10.0. The van der Waals surface area contributed by atoms with Crippen molar-refractivity contribution in [2.24, 2.45) is 5.92 Å². The van der Waals surface area contributed by atoms with Gasteiger partial charge in [-0.3, -0.25) is 14.6 Å². The van der Waals surface area contributed by atoms with Gasteiger partial charge in [0.2, 0.25) is 5.91 Å². The number of aromatic nitrogens is 2. The van der Waals surface area contributed by atoms with Crippen LogP contribution >= 0.6 is 0 Å². The van der Waals surface area contributed by atoms with Crippen molar-refractivity contribution in [1.82, 2.24) is 20.2 Å². The fraction of sp³-hybridized carbons (Fsp3) is 0.333. The van der Waals surface area contributed by atoms with Crippen LogP contribution in [0.3, 0.4) is 0 Å². The van der Waals surface area contributed by atoms with Crippen LogP contribution in [0.2, 0.25) is 0 Å². The molecule has 1 saturated carbocycles. The molecular weight excluding hydrogens is 376 g/mol. The molecule has 1 aliphatic heterocycles. The van der Waals surface area contributed by atoms with Crippen LogP contribution in [0.4, 0.5) is 0 Å². The van der Waals surface area contributed by atoms with Crippen LogP contribution in [0, 0.1) is 5.92 Å². The van der Waals surface area contributed by atoms with Crippen LogP contribution in [0.25, 0.3) is 22.2 Å². The molecule has 0 bridgehead atoms. The number of pyridine rings is 2. The van der Waals surface area contributed by atoms with E-state index in [4.69, 9.17) is 4.98 Å². The molecule has 0 unspecified atom stereocenters. The van der Waals surface area contributed by atoms with E-state index in [1.54, 1.807) is 12.4 Å². The van der Waals surface area contributed by atoms with Crippen molar-refractivity contribution in [3.63, 3.8) is 0 Å². The van der Waals surface area contributed by atoms with E-state index in [1.165, 1.54) is 0 Å². The molecule has 3 aromatic rings. The first-order valence-electron chi connectivity index (χ1n) is 10.6. The summed E-state index contributed by atoms with van der Waals surface area (Å²) in [6, 6.07) is 13.6. The van der Waals surface area contributed by atoms with Crippen molar-refractivity contribution >= 4 is 22.7 Å². The molecule has 1 aromatic carbocycles. The van der Waals surface area contributed by atoms with E-state index in [0.717, 1.165) is 47.8 Å². The Bertz CT molecular complexity index is 1090. The van der Waals surface area contributed by atoms with E-state index in [1.807, 2.05) is 47.4 Å². The van der Waals surface area contributed by atoms with Gasteiger partial charge in [-0.05, 0) is 49.9 Å². The Morgan fingerprint density at radius 1 is 0.967 bits per heavy atom. The minimum absolute atomic E-state index is 0.0240. The fourth-order valence-electron chi connectivity index (χ4n) is 4.08. The van der Waals surface area contributed by atoms with E-state index < -0.39 is 0 Å². The molecular formula is C24H24N4O2. The number of carbonyl (C=O) groups excluding carboxylic acids is 2. The van der Waals surface area contributed by atoms with Crippen molar-refractivity contribution in [1.29, 1.82) is 0 Å². The molecule has 6 nitrogen and oxygen atoms in total. The Balaban J connectivity index is 1.38. The molecule has 30 heavy (non-hydrogen) atoms. The zero-order valence-electron chi connectivity index (χ0n) is 16.8. The molecule has 2 fully saturated rings. The first-order valence-corrected chi connectivity index (χ1v) is 10.6. The molecule has 2 amide bonds. The molecule has 0 radical (unpaired) electrons. The summed E-state index contributed by atoms with van der Waals surface area (Å²) < 4.78 is 0. The maximum atomic E-state index is 13.4.